The smallest absolute Gasteiger partial charge is 0.329 e. The Bertz CT molecular complexity index is 1090. The zero-order valence-electron chi connectivity index (χ0n) is 14.5. The van der Waals surface area contributed by atoms with Crippen molar-refractivity contribution < 1.29 is 18.4 Å². The SMILES string of the molecule is O=C1NC(=Cc2ccc(-c3ccc(Br)cc3)o2)C(=O)N1Cc1ccccc1F. The molecule has 7 heteroatoms. The minimum atomic E-state index is -0.598. The van der Waals surface area contributed by atoms with Crippen LogP contribution in [0.15, 0.2) is 75.3 Å². The van der Waals surface area contributed by atoms with Crippen molar-refractivity contribution >= 4 is 33.9 Å². The maximum absolute atomic E-state index is 13.8. The third-order valence-electron chi connectivity index (χ3n) is 4.29. The Labute approximate surface area is 168 Å². The van der Waals surface area contributed by atoms with Gasteiger partial charge < -0.3 is 9.73 Å². The van der Waals surface area contributed by atoms with Gasteiger partial charge in [-0.3, -0.25) is 9.69 Å². The second-order valence-corrected chi connectivity index (χ2v) is 7.10. The molecule has 1 fully saturated rings. The third kappa shape index (κ3) is 3.61. The van der Waals surface area contributed by atoms with Crippen LogP contribution in [0.5, 0.6) is 0 Å². The lowest BCUT2D eigenvalue weighted by atomic mass is 10.2. The zero-order valence-corrected chi connectivity index (χ0v) is 16.1. The summed E-state index contributed by atoms with van der Waals surface area (Å²) in [5.74, 6) is 0.0641. The second-order valence-electron chi connectivity index (χ2n) is 6.18. The number of hydrogen-bond acceptors (Lipinski definition) is 3. The van der Waals surface area contributed by atoms with Gasteiger partial charge in [0.15, 0.2) is 0 Å². The molecule has 0 aliphatic carbocycles. The summed E-state index contributed by atoms with van der Waals surface area (Å²) in [5.41, 5.74) is 1.23. The average molecular weight is 441 g/mol. The summed E-state index contributed by atoms with van der Waals surface area (Å²) in [6.45, 7) is -0.142. The number of imide groups is 1. The molecule has 0 radical (unpaired) electrons. The summed E-state index contributed by atoms with van der Waals surface area (Å²) in [7, 11) is 0. The minimum absolute atomic E-state index is 0.0815. The summed E-state index contributed by atoms with van der Waals surface area (Å²) in [6.07, 6.45) is 1.46. The van der Waals surface area contributed by atoms with Crippen molar-refractivity contribution in [1.29, 1.82) is 0 Å². The highest BCUT2D eigenvalue weighted by atomic mass is 79.9. The first-order chi connectivity index (χ1) is 13.5. The fraction of sp³-hybridized carbons (Fsp3) is 0.0476. The quantitative estimate of drug-likeness (QED) is 0.461. The number of carbonyl (C=O) groups is 2. The Morgan fingerprint density at radius 3 is 2.54 bits per heavy atom. The molecule has 1 aliphatic heterocycles. The predicted molar refractivity (Wildman–Crippen MR) is 105 cm³/mol. The number of nitrogens with zero attached hydrogens (tertiary/aromatic N) is 1. The number of rotatable bonds is 4. The highest BCUT2D eigenvalue weighted by Gasteiger charge is 2.34. The molecule has 0 bridgehead atoms. The number of furan rings is 1. The summed E-state index contributed by atoms with van der Waals surface area (Å²) in [4.78, 5) is 25.7. The normalized spacial score (nSPS) is 15.4. The lowest BCUT2D eigenvalue weighted by molar-refractivity contribution is -0.123. The van der Waals surface area contributed by atoms with Crippen LogP contribution >= 0.6 is 15.9 Å². The largest absolute Gasteiger partial charge is 0.457 e. The molecule has 0 unspecified atom stereocenters. The van der Waals surface area contributed by atoms with Crippen LogP contribution < -0.4 is 5.32 Å². The highest BCUT2D eigenvalue weighted by molar-refractivity contribution is 9.10. The van der Waals surface area contributed by atoms with Gasteiger partial charge in [0.25, 0.3) is 5.91 Å². The lowest BCUT2D eigenvalue weighted by Gasteiger charge is -2.12. The molecular weight excluding hydrogens is 427 g/mol. The average Bonchev–Trinajstić information content (AvgIpc) is 3.24. The zero-order chi connectivity index (χ0) is 19.7. The van der Waals surface area contributed by atoms with Crippen molar-refractivity contribution in [3.05, 3.63) is 88.0 Å². The molecule has 1 aromatic heterocycles. The first kappa shape index (κ1) is 18.2. The maximum atomic E-state index is 13.8. The van der Waals surface area contributed by atoms with Crippen LogP contribution in [0.3, 0.4) is 0 Å². The van der Waals surface area contributed by atoms with E-state index in [0.29, 0.717) is 11.5 Å². The van der Waals surface area contributed by atoms with Crippen molar-refractivity contribution in [3.8, 4) is 11.3 Å². The molecule has 5 nitrogen and oxygen atoms in total. The van der Waals surface area contributed by atoms with Gasteiger partial charge >= 0.3 is 6.03 Å². The van der Waals surface area contributed by atoms with Gasteiger partial charge in [-0.2, -0.15) is 0 Å². The van der Waals surface area contributed by atoms with Gasteiger partial charge in [-0.15, -0.1) is 0 Å². The van der Waals surface area contributed by atoms with Gasteiger partial charge in [-0.25, -0.2) is 9.18 Å². The number of halogens is 2. The van der Waals surface area contributed by atoms with E-state index in [1.165, 1.54) is 18.2 Å². The van der Waals surface area contributed by atoms with Crippen LogP contribution in [-0.4, -0.2) is 16.8 Å². The van der Waals surface area contributed by atoms with Crippen LogP contribution in [0.2, 0.25) is 0 Å². The maximum Gasteiger partial charge on any atom is 0.329 e. The van der Waals surface area contributed by atoms with Crippen LogP contribution in [0.25, 0.3) is 17.4 Å². The first-order valence-electron chi connectivity index (χ1n) is 8.45. The van der Waals surface area contributed by atoms with Crippen molar-refractivity contribution in [2.45, 2.75) is 6.54 Å². The van der Waals surface area contributed by atoms with E-state index in [2.05, 4.69) is 21.2 Å². The van der Waals surface area contributed by atoms with E-state index in [9.17, 15) is 14.0 Å². The van der Waals surface area contributed by atoms with Crippen LogP contribution in [0.4, 0.5) is 9.18 Å². The molecule has 0 saturated carbocycles. The standard InChI is InChI=1S/C21H14BrFN2O3/c22-15-7-5-13(6-8-15)19-10-9-16(28-19)11-18-20(26)25(21(27)24-18)12-14-3-1-2-4-17(14)23/h1-11H,12H2,(H,24,27). The molecule has 4 rings (SSSR count). The second kappa shape index (κ2) is 7.44. The van der Waals surface area contributed by atoms with Gasteiger partial charge in [-0.1, -0.05) is 46.3 Å². The number of amides is 3. The Hall–Kier alpha value is -3.19. The van der Waals surface area contributed by atoms with E-state index < -0.39 is 17.8 Å². The van der Waals surface area contributed by atoms with Crippen molar-refractivity contribution in [2.24, 2.45) is 0 Å². The highest BCUT2D eigenvalue weighted by Crippen LogP contribution is 2.26. The molecule has 3 aromatic rings. The summed E-state index contributed by atoms with van der Waals surface area (Å²) < 4.78 is 20.5. The van der Waals surface area contributed by atoms with E-state index in [0.717, 1.165) is 14.9 Å². The van der Waals surface area contributed by atoms with Crippen molar-refractivity contribution in [3.63, 3.8) is 0 Å². The molecule has 28 heavy (non-hydrogen) atoms. The van der Waals surface area contributed by atoms with Crippen molar-refractivity contribution in [2.75, 3.05) is 0 Å². The number of nitrogens with one attached hydrogen (secondary N) is 1. The van der Waals surface area contributed by atoms with E-state index in [-0.39, 0.29) is 17.8 Å². The molecule has 3 amide bonds. The van der Waals surface area contributed by atoms with E-state index >= 15 is 0 Å². The lowest BCUT2D eigenvalue weighted by Crippen LogP contribution is -2.30. The number of benzene rings is 2. The minimum Gasteiger partial charge on any atom is -0.457 e. The molecule has 2 heterocycles. The molecule has 1 aliphatic rings. The number of carbonyl (C=O) groups excluding carboxylic acids is 2. The molecule has 140 valence electrons. The van der Waals surface area contributed by atoms with Gasteiger partial charge in [0.1, 0.15) is 23.0 Å². The van der Waals surface area contributed by atoms with E-state index in [1.807, 2.05) is 24.3 Å². The summed E-state index contributed by atoms with van der Waals surface area (Å²) in [5, 5.41) is 2.51. The molecule has 2 aromatic carbocycles. The monoisotopic (exact) mass is 440 g/mol. The Balaban J connectivity index is 1.54. The van der Waals surface area contributed by atoms with E-state index in [4.69, 9.17) is 4.42 Å². The number of hydrogen-bond donors (Lipinski definition) is 1. The molecule has 1 N–H and O–H groups in total. The third-order valence-corrected chi connectivity index (χ3v) is 4.82. The van der Waals surface area contributed by atoms with Gasteiger partial charge in [0.05, 0.1) is 6.54 Å². The summed E-state index contributed by atoms with van der Waals surface area (Å²) >= 11 is 3.38. The van der Waals surface area contributed by atoms with E-state index in [1.54, 1.807) is 24.3 Å². The topological polar surface area (TPSA) is 62.6 Å². The molecular formula is C21H14BrFN2O3. The van der Waals surface area contributed by atoms with Crippen LogP contribution in [0, 0.1) is 5.82 Å². The van der Waals surface area contributed by atoms with Crippen LogP contribution in [-0.2, 0) is 11.3 Å². The Morgan fingerprint density at radius 1 is 1.04 bits per heavy atom. The summed E-state index contributed by atoms with van der Waals surface area (Å²) in [6, 6.07) is 16.5. The Morgan fingerprint density at radius 2 is 1.79 bits per heavy atom. The van der Waals surface area contributed by atoms with Gasteiger partial charge in [0.2, 0.25) is 0 Å². The fourth-order valence-corrected chi connectivity index (χ4v) is 3.12. The molecule has 0 spiro atoms. The fourth-order valence-electron chi connectivity index (χ4n) is 2.85. The van der Waals surface area contributed by atoms with Gasteiger partial charge in [0, 0.05) is 21.7 Å². The molecule has 0 atom stereocenters. The number of urea groups is 1. The van der Waals surface area contributed by atoms with Gasteiger partial charge in [-0.05, 0) is 30.3 Å². The predicted octanol–water partition coefficient (Wildman–Crippen LogP) is 4.94. The molecule has 1 saturated heterocycles. The first-order valence-corrected chi connectivity index (χ1v) is 9.24. The Kier molecular flexibility index (Phi) is 4.83. The van der Waals surface area contributed by atoms with Crippen molar-refractivity contribution in [1.82, 2.24) is 10.2 Å². The van der Waals surface area contributed by atoms with Crippen LogP contribution in [0.1, 0.15) is 11.3 Å².